The second kappa shape index (κ2) is 7.28. The number of rotatable bonds is 6. The number of hydrogen-bond acceptors (Lipinski definition) is 3. The normalized spacial score (nSPS) is 11.7. The molecule has 1 aromatic carbocycles. The van der Waals surface area contributed by atoms with Crippen LogP contribution < -0.4 is 10.6 Å². The Morgan fingerprint density at radius 3 is 2.52 bits per heavy atom. The fraction of sp³-hybridized carbons (Fsp3) is 0.250. The highest BCUT2D eigenvalue weighted by Crippen LogP contribution is 2.11. The monoisotopic (exact) mass is 286 g/mol. The molecule has 110 valence electrons. The zero-order valence-electron chi connectivity index (χ0n) is 11.8. The lowest BCUT2D eigenvalue weighted by molar-refractivity contribution is -0.126. The first-order valence-corrected chi connectivity index (χ1v) is 6.78. The fourth-order valence-corrected chi connectivity index (χ4v) is 1.92. The molecule has 1 heterocycles. The third kappa shape index (κ3) is 4.80. The van der Waals surface area contributed by atoms with Crippen molar-refractivity contribution in [3.8, 4) is 0 Å². The van der Waals surface area contributed by atoms with E-state index in [1.54, 1.807) is 18.4 Å². The van der Waals surface area contributed by atoms with Crippen molar-refractivity contribution in [2.24, 2.45) is 0 Å². The maximum atomic E-state index is 11.7. The molecule has 2 aromatic rings. The molecule has 2 N–H and O–H groups in total. The number of nitrogens with one attached hydrogen (secondary N) is 2. The zero-order chi connectivity index (χ0) is 15.1. The van der Waals surface area contributed by atoms with Crippen LogP contribution in [0.1, 0.15) is 24.3 Å². The van der Waals surface area contributed by atoms with Crippen LogP contribution in [0.3, 0.4) is 0 Å². The molecule has 0 aliphatic rings. The molecule has 0 saturated carbocycles. The highest BCUT2D eigenvalue weighted by Gasteiger charge is 2.12. The van der Waals surface area contributed by atoms with Crippen molar-refractivity contribution in [1.82, 2.24) is 10.6 Å². The molecule has 5 heteroatoms. The van der Waals surface area contributed by atoms with Gasteiger partial charge in [0.25, 0.3) is 0 Å². The summed E-state index contributed by atoms with van der Waals surface area (Å²) in [6, 6.07) is 12.7. The first kappa shape index (κ1) is 14.8. The van der Waals surface area contributed by atoms with Crippen molar-refractivity contribution >= 4 is 11.8 Å². The molecular formula is C16H18N2O3. The van der Waals surface area contributed by atoms with Crippen LogP contribution in [0, 0.1) is 0 Å². The van der Waals surface area contributed by atoms with Crippen molar-refractivity contribution in [3.05, 3.63) is 60.1 Å². The third-order valence-electron chi connectivity index (χ3n) is 3.00. The number of hydrogen-bond donors (Lipinski definition) is 2. The van der Waals surface area contributed by atoms with E-state index in [1.807, 2.05) is 37.3 Å². The van der Waals surface area contributed by atoms with Crippen molar-refractivity contribution in [2.75, 3.05) is 6.54 Å². The van der Waals surface area contributed by atoms with Crippen molar-refractivity contribution in [3.63, 3.8) is 0 Å². The van der Waals surface area contributed by atoms with Crippen molar-refractivity contribution in [2.45, 2.75) is 19.4 Å². The van der Waals surface area contributed by atoms with E-state index >= 15 is 0 Å². The van der Waals surface area contributed by atoms with Crippen LogP contribution in [0.2, 0.25) is 0 Å². The van der Waals surface area contributed by atoms with Gasteiger partial charge in [-0.1, -0.05) is 30.3 Å². The SMILES string of the molecule is CC(NC(=O)CNC(=O)Cc1ccccc1)c1ccco1. The van der Waals surface area contributed by atoms with Gasteiger partial charge in [-0.3, -0.25) is 9.59 Å². The van der Waals surface area contributed by atoms with Crippen LogP contribution in [0.5, 0.6) is 0 Å². The van der Waals surface area contributed by atoms with E-state index in [-0.39, 0.29) is 30.8 Å². The number of benzene rings is 1. The molecule has 5 nitrogen and oxygen atoms in total. The van der Waals surface area contributed by atoms with Gasteiger partial charge in [0, 0.05) is 0 Å². The molecule has 0 aliphatic heterocycles. The first-order chi connectivity index (χ1) is 10.1. The molecule has 21 heavy (non-hydrogen) atoms. The van der Waals surface area contributed by atoms with E-state index in [0.29, 0.717) is 5.76 Å². The highest BCUT2D eigenvalue weighted by molar-refractivity contribution is 5.85. The summed E-state index contributed by atoms with van der Waals surface area (Å²) in [5.74, 6) is 0.251. The Bertz CT molecular complexity index is 579. The second-order valence-corrected chi connectivity index (χ2v) is 4.74. The zero-order valence-corrected chi connectivity index (χ0v) is 11.8. The largest absolute Gasteiger partial charge is 0.467 e. The van der Waals surface area contributed by atoms with Gasteiger partial charge < -0.3 is 15.1 Å². The average Bonchev–Trinajstić information content (AvgIpc) is 3.00. The Kier molecular flexibility index (Phi) is 5.15. The van der Waals surface area contributed by atoms with Gasteiger partial charge in [-0.25, -0.2) is 0 Å². The van der Waals surface area contributed by atoms with Crippen molar-refractivity contribution in [1.29, 1.82) is 0 Å². The van der Waals surface area contributed by atoms with Gasteiger partial charge in [-0.15, -0.1) is 0 Å². The van der Waals surface area contributed by atoms with Crippen molar-refractivity contribution < 1.29 is 14.0 Å². The summed E-state index contributed by atoms with van der Waals surface area (Å²) >= 11 is 0. The lowest BCUT2D eigenvalue weighted by Gasteiger charge is -2.12. The molecule has 2 rings (SSSR count). The Hall–Kier alpha value is -2.56. The van der Waals surface area contributed by atoms with E-state index < -0.39 is 0 Å². The Labute approximate surface area is 123 Å². The van der Waals surface area contributed by atoms with Gasteiger partial charge in [0.15, 0.2) is 0 Å². The minimum Gasteiger partial charge on any atom is -0.467 e. The summed E-state index contributed by atoms with van der Waals surface area (Å²) in [5, 5.41) is 5.35. The molecule has 0 aliphatic carbocycles. The molecule has 2 amide bonds. The quantitative estimate of drug-likeness (QED) is 0.851. The van der Waals surface area contributed by atoms with Crippen LogP contribution >= 0.6 is 0 Å². The first-order valence-electron chi connectivity index (χ1n) is 6.78. The number of amides is 2. The van der Waals surface area contributed by atoms with E-state index in [9.17, 15) is 9.59 Å². The summed E-state index contributed by atoms with van der Waals surface area (Å²) in [5.41, 5.74) is 0.916. The molecular weight excluding hydrogens is 268 g/mol. The number of furan rings is 1. The Morgan fingerprint density at radius 2 is 1.86 bits per heavy atom. The van der Waals surface area contributed by atoms with Crippen LogP contribution in [0.25, 0.3) is 0 Å². The Morgan fingerprint density at radius 1 is 1.10 bits per heavy atom. The minimum absolute atomic E-state index is 0.0449. The summed E-state index contributed by atoms with van der Waals surface area (Å²) < 4.78 is 5.20. The van der Waals surface area contributed by atoms with Gasteiger partial charge in [0.05, 0.1) is 25.3 Å². The van der Waals surface area contributed by atoms with Gasteiger partial charge >= 0.3 is 0 Å². The lowest BCUT2D eigenvalue weighted by atomic mass is 10.1. The lowest BCUT2D eigenvalue weighted by Crippen LogP contribution is -2.38. The predicted molar refractivity (Wildman–Crippen MR) is 78.4 cm³/mol. The third-order valence-corrected chi connectivity index (χ3v) is 3.00. The van der Waals surface area contributed by atoms with Gasteiger partial charge in [-0.05, 0) is 24.6 Å². The van der Waals surface area contributed by atoms with Gasteiger partial charge in [-0.2, -0.15) is 0 Å². The maximum Gasteiger partial charge on any atom is 0.239 e. The smallest absolute Gasteiger partial charge is 0.239 e. The molecule has 0 radical (unpaired) electrons. The molecule has 0 spiro atoms. The van der Waals surface area contributed by atoms with E-state index in [2.05, 4.69) is 10.6 Å². The molecule has 1 atom stereocenters. The van der Waals surface area contributed by atoms with Crippen LogP contribution in [-0.2, 0) is 16.0 Å². The van der Waals surface area contributed by atoms with Gasteiger partial charge in [0.1, 0.15) is 5.76 Å². The van der Waals surface area contributed by atoms with E-state index in [4.69, 9.17) is 4.42 Å². The molecule has 1 unspecified atom stereocenters. The molecule has 1 aromatic heterocycles. The standard InChI is InChI=1S/C16H18N2O3/c1-12(14-8-5-9-21-14)18-16(20)11-17-15(19)10-13-6-3-2-4-7-13/h2-9,12H,10-11H2,1H3,(H,17,19)(H,18,20). The van der Waals surface area contributed by atoms with E-state index in [0.717, 1.165) is 5.56 Å². The summed E-state index contributed by atoms with van der Waals surface area (Å²) in [4.78, 5) is 23.5. The minimum atomic E-state index is -0.250. The average molecular weight is 286 g/mol. The molecule has 0 saturated heterocycles. The summed E-state index contributed by atoms with van der Waals surface area (Å²) in [6.07, 6.45) is 1.82. The van der Waals surface area contributed by atoms with E-state index in [1.165, 1.54) is 0 Å². The van der Waals surface area contributed by atoms with Crippen LogP contribution in [-0.4, -0.2) is 18.4 Å². The Balaban J connectivity index is 1.72. The predicted octanol–water partition coefficient (Wildman–Crippen LogP) is 1.82. The molecule has 0 bridgehead atoms. The molecule has 0 fully saturated rings. The maximum absolute atomic E-state index is 11.7. The van der Waals surface area contributed by atoms with Crippen LogP contribution in [0.15, 0.2) is 53.1 Å². The number of carbonyl (C=O) groups excluding carboxylic acids is 2. The summed E-state index contributed by atoms with van der Waals surface area (Å²) in [6.45, 7) is 1.78. The number of carbonyl (C=O) groups is 2. The topological polar surface area (TPSA) is 71.3 Å². The van der Waals surface area contributed by atoms with Gasteiger partial charge in [0.2, 0.25) is 11.8 Å². The van der Waals surface area contributed by atoms with Crippen LogP contribution in [0.4, 0.5) is 0 Å². The highest BCUT2D eigenvalue weighted by atomic mass is 16.3. The second-order valence-electron chi connectivity index (χ2n) is 4.74. The summed E-state index contributed by atoms with van der Waals surface area (Å²) in [7, 11) is 0. The fourth-order valence-electron chi connectivity index (χ4n) is 1.92.